The van der Waals surface area contributed by atoms with Crippen LogP contribution >= 0.6 is 0 Å². The van der Waals surface area contributed by atoms with Crippen LogP contribution in [-0.2, 0) is 14.2 Å². The van der Waals surface area contributed by atoms with Crippen LogP contribution in [0.25, 0.3) is 11.2 Å². The Bertz CT molecular complexity index is 901. The molecule has 1 spiro atoms. The molecule has 0 bridgehead atoms. The molecule has 9 heteroatoms. The number of anilines is 1. The lowest BCUT2D eigenvalue weighted by molar-refractivity contribution is -0.203. The molecule has 2 aromatic rings. The smallest absolute Gasteiger partial charge is 0.167 e. The lowest BCUT2D eigenvalue weighted by Gasteiger charge is -2.26. The minimum Gasteiger partial charge on any atom is -0.382 e. The van der Waals surface area contributed by atoms with Gasteiger partial charge >= 0.3 is 0 Å². The maximum Gasteiger partial charge on any atom is 0.167 e. The van der Waals surface area contributed by atoms with Crippen LogP contribution in [-0.4, -0.2) is 68.2 Å². The van der Waals surface area contributed by atoms with E-state index in [9.17, 15) is 0 Å². The van der Waals surface area contributed by atoms with E-state index in [-0.39, 0.29) is 24.0 Å². The second kappa shape index (κ2) is 6.09. The van der Waals surface area contributed by atoms with E-state index < -0.39 is 5.79 Å². The summed E-state index contributed by atoms with van der Waals surface area (Å²) in [7, 11) is 2.17. The molecule has 1 saturated carbocycles. The third-order valence-electron chi connectivity index (χ3n) is 6.13. The van der Waals surface area contributed by atoms with E-state index in [1.165, 1.54) is 6.33 Å². The number of ether oxygens (including phenoxy) is 3. The van der Waals surface area contributed by atoms with Crippen molar-refractivity contribution in [3.05, 3.63) is 12.7 Å². The highest BCUT2D eigenvalue weighted by molar-refractivity contribution is 5.81. The number of hydrogen-bond acceptors (Lipinski definition) is 8. The van der Waals surface area contributed by atoms with Gasteiger partial charge in [-0.2, -0.15) is 0 Å². The Morgan fingerprint density at radius 2 is 2.07 bits per heavy atom. The maximum atomic E-state index is 6.65. The second-order valence-corrected chi connectivity index (χ2v) is 8.73. The third kappa shape index (κ3) is 2.64. The Morgan fingerprint density at radius 1 is 1.25 bits per heavy atom. The summed E-state index contributed by atoms with van der Waals surface area (Å²) in [6, 6.07) is 0. The van der Waals surface area contributed by atoms with Gasteiger partial charge < -0.3 is 24.8 Å². The van der Waals surface area contributed by atoms with E-state index in [4.69, 9.17) is 19.9 Å². The van der Waals surface area contributed by atoms with Crippen LogP contribution in [0.4, 0.5) is 5.82 Å². The SMILES string of the molecule is CCCN(C)C[C@H]1C[C@]12OC(n1cnc3c(N)ncnc31)C1OC(C)(C)OC12. The number of rotatable bonds is 5. The lowest BCUT2D eigenvalue weighted by atomic mass is 10.1. The number of nitrogens with zero attached hydrogens (tertiary/aromatic N) is 5. The molecular weight excluding hydrogens is 360 g/mol. The summed E-state index contributed by atoms with van der Waals surface area (Å²) >= 11 is 0. The average molecular weight is 388 g/mol. The van der Waals surface area contributed by atoms with Crippen LogP contribution < -0.4 is 5.73 Å². The second-order valence-electron chi connectivity index (χ2n) is 8.73. The normalized spacial score (nSPS) is 35.9. The molecular formula is C19H28N6O3. The fourth-order valence-electron chi connectivity index (χ4n) is 4.89. The van der Waals surface area contributed by atoms with Crippen LogP contribution in [0.1, 0.15) is 39.8 Å². The van der Waals surface area contributed by atoms with Crippen LogP contribution in [0.15, 0.2) is 12.7 Å². The van der Waals surface area contributed by atoms with Crippen molar-refractivity contribution in [2.45, 2.75) is 63.4 Å². The molecule has 9 nitrogen and oxygen atoms in total. The highest BCUT2D eigenvalue weighted by Crippen LogP contribution is 2.62. The van der Waals surface area contributed by atoms with Gasteiger partial charge in [0.05, 0.1) is 6.33 Å². The molecule has 3 unspecified atom stereocenters. The summed E-state index contributed by atoms with van der Waals surface area (Å²) in [5, 5.41) is 0. The van der Waals surface area contributed by atoms with Gasteiger partial charge in [0.15, 0.2) is 23.5 Å². The standard InChI is InChI=1S/C19H28N6O3/c1-5-6-24(4)8-11-7-19(11)14-13(26-18(2,3)27-14)17(28-19)25-10-23-12-15(20)21-9-22-16(12)25/h9-11,13-14,17H,5-8H2,1-4H3,(H2,20,21,22)/t11-,13?,14?,17?,19+/m1/s1. The molecule has 2 aromatic heterocycles. The monoisotopic (exact) mass is 388 g/mol. The molecule has 3 aliphatic rings. The van der Waals surface area contributed by atoms with Gasteiger partial charge in [0.25, 0.3) is 0 Å². The Hall–Kier alpha value is -1.81. The average Bonchev–Trinajstić information content (AvgIpc) is 2.92. The summed E-state index contributed by atoms with van der Waals surface area (Å²) in [6.07, 6.45) is 4.60. The summed E-state index contributed by atoms with van der Waals surface area (Å²) in [5.41, 5.74) is 6.88. The van der Waals surface area contributed by atoms with Crippen LogP contribution in [0, 0.1) is 5.92 Å². The molecule has 4 heterocycles. The molecule has 5 rings (SSSR count). The van der Waals surface area contributed by atoms with Crippen molar-refractivity contribution >= 4 is 17.0 Å². The first-order valence-electron chi connectivity index (χ1n) is 9.99. The van der Waals surface area contributed by atoms with E-state index in [0.29, 0.717) is 22.9 Å². The first-order valence-corrected chi connectivity index (χ1v) is 9.99. The van der Waals surface area contributed by atoms with Gasteiger partial charge in [-0.3, -0.25) is 4.57 Å². The van der Waals surface area contributed by atoms with E-state index in [0.717, 1.165) is 25.9 Å². The maximum absolute atomic E-state index is 6.65. The highest BCUT2D eigenvalue weighted by atomic mass is 16.8. The quantitative estimate of drug-likeness (QED) is 0.824. The predicted molar refractivity (Wildman–Crippen MR) is 102 cm³/mol. The molecule has 28 heavy (non-hydrogen) atoms. The van der Waals surface area contributed by atoms with E-state index in [2.05, 4.69) is 33.8 Å². The third-order valence-corrected chi connectivity index (χ3v) is 6.13. The Morgan fingerprint density at radius 3 is 2.86 bits per heavy atom. The van der Waals surface area contributed by atoms with Gasteiger partial charge in [0.1, 0.15) is 29.7 Å². The van der Waals surface area contributed by atoms with E-state index in [1.54, 1.807) is 6.33 Å². The lowest BCUT2D eigenvalue weighted by Crippen LogP contribution is -2.35. The molecule has 0 aromatic carbocycles. The van der Waals surface area contributed by atoms with Crippen molar-refractivity contribution in [2.75, 3.05) is 25.9 Å². The van der Waals surface area contributed by atoms with Gasteiger partial charge in [0, 0.05) is 12.5 Å². The molecule has 3 fully saturated rings. The topological polar surface area (TPSA) is 101 Å². The molecule has 2 aliphatic heterocycles. The summed E-state index contributed by atoms with van der Waals surface area (Å²) in [6.45, 7) is 8.19. The number of nitrogens with two attached hydrogens (primary N) is 1. The molecule has 5 atom stereocenters. The molecule has 2 N–H and O–H groups in total. The van der Waals surface area contributed by atoms with Crippen molar-refractivity contribution in [2.24, 2.45) is 5.92 Å². The van der Waals surface area contributed by atoms with Crippen LogP contribution in [0.2, 0.25) is 0 Å². The van der Waals surface area contributed by atoms with Crippen LogP contribution in [0.5, 0.6) is 0 Å². The first kappa shape index (κ1) is 18.2. The molecule has 1 aliphatic carbocycles. The van der Waals surface area contributed by atoms with Crippen molar-refractivity contribution in [3.8, 4) is 0 Å². The Balaban J connectivity index is 1.48. The Labute approximate surface area is 164 Å². The van der Waals surface area contributed by atoms with Gasteiger partial charge in [0.2, 0.25) is 0 Å². The largest absolute Gasteiger partial charge is 0.382 e. The van der Waals surface area contributed by atoms with Gasteiger partial charge in [-0.1, -0.05) is 6.92 Å². The fourth-order valence-corrected chi connectivity index (χ4v) is 4.89. The van der Waals surface area contributed by atoms with Crippen molar-refractivity contribution in [1.29, 1.82) is 0 Å². The molecule has 0 amide bonds. The van der Waals surface area contributed by atoms with Crippen molar-refractivity contribution in [1.82, 2.24) is 24.4 Å². The van der Waals surface area contributed by atoms with Gasteiger partial charge in [-0.15, -0.1) is 0 Å². The van der Waals surface area contributed by atoms with Gasteiger partial charge in [-0.25, -0.2) is 15.0 Å². The van der Waals surface area contributed by atoms with Crippen molar-refractivity contribution < 1.29 is 14.2 Å². The van der Waals surface area contributed by atoms with E-state index >= 15 is 0 Å². The number of nitrogen functional groups attached to an aromatic ring is 1. The minimum absolute atomic E-state index is 0.107. The fraction of sp³-hybridized carbons (Fsp3) is 0.737. The van der Waals surface area contributed by atoms with Crippen LogP contribution in [0.3, 0.4) is 0 Å². The number of hydrogen-bond donors (Lipinski definition) is 1. The van der Waals surface area contributed by atoms with E-state index in [1.807, 2.05) is 18.4 Å². The number of imidazole rings is 1. The first-order chi connectivity index (χ1) is 13.3. The summed E-state index contributed by atoms with van der Waals surface area (Å²) in [4.78, 5) is 15.2. The number of fused-ring (bicyclic) bond motifs is 3. The number of aromatic nitrogens is 4. The minimum atomic E-state index is -0.642. The predicted octanol–water partition coefficient (Wildman–Crippen LogP) is 1.56. The zero-order valence-electron chi connectivity index (χ0n) is 16.8. The zero-order valence-corrected chi connectivity index (χ0v) is 16.8. The highest BCUT2D eigenvalue weighted by Gasteiger charge is 2.73. The molecule has 152 valence electrons. The molecule has 0 radical (unpaired) electrons. The Kier molecular flexibility index (Phi) is 3.97. The summed E-state index contributed by atoms with van der Waals surface area (Å²) in [5.74, 6) is 0.146. The zero-order chi connectivity index (χ0) is 19.7. The van der Waals surface area contributed by atoms with Gasteiger partial charge in [-0.05, 0) is 40.3 Å². The van der Waals surface area contributed by atoms with Crippen molar-refractivity contribution in [3.63, 3.8) is 0 Å². The molecule has 2 saturated heterocycles. The summed E-state index contributed by atoms with van der Waals surface area (Å²) < 4.78 is 21.2.